The second-order valence-electron chi connectivity index (χ2n) is 17.6. The van der Waals surface area contributed by atoms with Crippen molar-refractivity contribution in [1.82, 2.24) is 95.1 Å². The Balaban J connectivity index is 0.000000139. The van der Waals surface area contributed by atoms with Gasteiger partial charge in [0.05, 0.1) is 42.1 Å². The molecule has 0 saturated carbocycles. The number of carbonyl (C=O) groups excluding carboxylic acids is 3. The van der Waals surface area contributed by atoms with E-state index in [9.17, 15) is 14.4 Å². The number of aromatic amines is 3. The summed E-state index contributed by atoms with van der Waals surface area (Å²) in [5, 5.41) is 28.7. The molecule has 0 saturated heterocycles. The molecule has 0 aliphatic heterocycles. The van der Waals surface area contributed by atoms with E-state index >= 15 is 4.39 Å². The van der Waals surface area contributed by atoms with Crippen LogP contribution in [-0.2, 0) is 0 Å². The zero-order valence-corrected chi connectivity index (χ0v) is 45.1. The Morgan fingerprint density at radius 2 is 1.01 bits per heavy atom. The van der Waals surface area contributed by atoms with Gasteiger partial charge in [-0.3, -0.25) is 20.9 Å². The van der Waals surface area contributed by atoms with Crippen LogP contribution in [0.1, 0.15) is 20.8 Å². The van der Waals surface area contributed by atoms with E-state index in [1.165, 1.54) is 11.8 Å². The minimum Gasteiger partial charge on any atom is -0.481 e. The number of carbonyl (C=O) groups is 3. The van der Waals surface area contributed by atoms with Crippen molar-refractivity contribution in [2.45, 2.75) is 20.8 Å². The first kappa shape index (κ1) is 54.8. The van der Waals surface area contributed by atoms with Crippen molar-refractivity contribution >= 4 is 69.0 Å². The number of pyridine rings is 2. The molecule has 27 nitrogen and oxygen atoms in total. The zero-order valence-electron chi connectivity index (χ0n) is 45.1. The minimum atomic E-state index is -0.477. The van der Waals surface area contributed by atoms with Gasteiger partial charge in [-0.1, -0.05) is 6.07 Å². The Hall–Kier alpha value is -11.6. The maximum Gasteiger partial charge on any atom is 0.321 e. The molecule has 0 fully saturated rings. The van der Waals surface area contributed by atoms with Gasteiger partial charge in [0.1, 0.15) is 22.2 Å². The average molecular weight is 1120 g/mol. The van der Waals surface area contributed by atoms with Crippen LogP contribution in [0.2, 0.25) is 0 Å². The number of aromatic nitrogens is 16. The minimum absolute atomic E-state index is 0.191. The molecule has 9 aromatic heterocycles. The number of halogens is 1. The fourth-order valence-electron chi connectivity index (χ4n) is 8.51. The van der Waals surface area contributed by atoms with Crippen molar-refractivity contribution in [3.05, 3.63) is 147 Å². The Morgan fingerprint density at radius 1 is 0.518 bits per heavy atom. The molecule has 0 radical (unpaired) electrons. The number of H-pyrrole nitrogens is 3. The lowest BCUT2D eigenvalue weighted by Gasteiger charge is -2.09. The van der Waals surface area contributed by atoms with Crippen LogP contribution in [0.4, 0.5) is 36.6 Å². The van der Waals surface area contributed by atoms with E-state index in [0.717, 1.165) is 44.7 Å². The molecule has 0 unspecified atom stereocenters. The molecule has 420 valence electrons. The van der Waals surface area contributed by atoms with Crippen LogP contribution < -0.4 is 41.4 Å². The fraction of sp³-hybridized carbons (Fsp3) is 0.145. The van der Waals surface area contributed by atoms with Gasteiger partial charge < -0.3 is 40.4 Å². The highest BCUT2D eigenvalue weighted by Crippen LogP contribution is 2.35. The molecule has 12 aromatic rings. The number of hydrogen-bond donors (Lipinski definition) is 9. The first-order chi connectivity index (χ1) is 40.5. The van der Waals surface area contributed by atoms with E-state index in [-0.39, 0.29) is 23.7 Å². The predicted octanol–water partition coefficient (Wildman–Crippen LogP) is 8.41. The van der Waals surface area contributed by atoms with Crippen LogP contribution in [0.25, 0.3) is 83.5 Å². The van der Waals surface area contributed by atoms with Crippen LogP contribution in [0, 0.1) is 5.82 Å². The summed E-state index contributed by atoms with van der Waals surface area (Å²) in [6, 6.07) is 21.3. The van der Waals surface area contributed by atoms with E-state index in [4.69, 9.17) is 9.47 Å². The second kappa shape index (κ2) is 25.0. The number of nitrogens with zero attached hydrogens (tertiary/aromatic N) is 13. The number of rotatable bonds is 14. The van der Waals surface area contributed by atoms with Crippen LogP contribution in [0.15, 0.2) is 141 Å². The molecule has 83 heavy (non-hydrogen) atoms. The van der Waals surface area contributed by atoms with Gasteiger partial charge >= 0.3 is 24.1 Å². The van der Waals surface area contributed by atoms with Gasteiger partial charge in [-0.25, -0.2) is 62.7 Å². The molecule has 0 spiro atoms. The predicted molar refractivity (Wildman–Crippen MR) is 308 cm³/mol. The Bertz CT molecular complexity index is 3970. The number of imidazole rings is 3. The summed E-state index contributed by atoms with van der Waals surface area (Å²) in [6.45, 7) is 7.03. The lowest BCUT2D eigenvalue weighted by Crippen LogP contribution is -2.28. The van der Waals surface area contributed by atoms with E-state index in [1.54, 1.807) is 96.5 Å². The molecular weight excluding hydrogens is 1070 g/mol. The lowest BCUT2D eigenvalue weighted by molar-refractivity contribution is 0.251. The quantitative estimate of drug-likeness (QED) is 0.0493. The molecule has 3 aromatic carbocycles. The topological polar surface area (TPSA) is 333 Å². The highest BCUT2D eigenvalue weighted by Gasteiger charge is 2.22. The van der Waals surface area contributed by atoms with Crippen molar-refractivity contribution in [2.24, 2.45) is 0 Å². The summed E-state index contributed by atoms with van der Waals surface area (Å²) in [5.41, 5.74) is 10.0. The third-order valence-electron chi connectivity index (χ3n) is 12.2. The lowest BCUT2D eigenvalue weighted by atomic mass is 10.0. The first-order valence-electron chi connectivity index (χ1n) is 25.7. The SMILES string of the molecule is CCNC(=O)Nc1nc2c(-n3cccn3)c(F)c(-c3cccnc3)cc2[nH]1.CCNC(=O)Nc1nc2c(-n3cccn3)cc(-c3ccc(OC)nc3)cc2[nH]1.CCNC(=O)Nc1nc2c(-n3cccn3)cc(-c3cnc(OC)nc3)cc2[nH]1. The van der Waals surface area contributed by atoms with Gasteiger partial charge in [0.15, 0.2) is 5.82 Å². The van der Waals surface area contributed by atoms with Crippen molar-refractivity contribution < 1.29 is 28.2 Å². The van der Waals surface area contributed by atoms with Crippen LogP contribution in [0.5, 0.6) is 11.9 Å². The number of fused-ring (bicyclic) bond motifs is 3. The van der Waals surface area contributed by atoms with Gasteiger partial charge in [-0.15, -0.1) is 0 Å². The number of benzene rings is 3. The first-order valence-corrected chi connectivity index (χ1v) is 25.7. The third kappa shape index (κ3) is 12.5. The largest absolute Gasteiger partial charge is 0.481 e. The summed E-state index contributed by atoms with van der Waals surface area (Å²) < 4.78 is 30.4. The van der Waals surface area contributed by atoms with Crippen molar-refractivity contribution in [1.29, 1.82) is 0 Å². The molecule has 9 N–H and O–H groups in total. The number of amides is 6. The van der Waals surface area contributed by atoms with Gasteiger partial charge in [0.25, 0.3) is 0 Å². The van der Waals surface area contributed by atoms with Crippen molar-refractivity contribution in [3.8, 4) is 62.3 Å². The monoisotopic (exact) mass is 1120 g/mol. The number of urea groups is 3. The summed E-state index contributed by atoms with van der Waals surface area (Å²) in [5.74, 6) is 0.992. The molecule has 0 aliphatic carbocycles. The van der Waals surface area contributed by atoms with E-state index in [2.05, 4.69) is 97.0 Å². The molecular formula is C55H53FN22O5. The number of ether oxygens (including phenoxy) is 2. The Kier molecular flexibility index (Phi) is 16.5. The molecule has 0 aliphatic rings. The average Bonchev–Trinajstić information content (AvgIpc) is 3.53. The van der Waals surface area contributed by atoms with Gasteiger partial charge in [0, 0.05) is 116 Å². The normalized spacial score (nSPS) is 10.8. The maximum absolute atomic E-state index is 15.4. The number of hydrogen-bond acceptors (Lipinski definition) is 15. The smallest absolute Gasteiger partial charge is 0.321 e. The Labute approximate surface area is 470 Å². The molecule has 9 heterocycles. The van der Waals surface area contributed by atoms with Crippen LogP contribution in [-0.4, -0.2) is 131 Å². The third-order valence-corrected chi connectivity index (χ3v) is 12.2. The summed E-state index contributed by atoms with van der Waals surface area (Å²) in [7, 11) is 3.10. The number of nitrogens with one attached hydrogen (secondary N) is 9. The maximum atomic E-state index is 15.4. The standard InChI is InChI=1S/C19H19N7O2.C18H16FN7O.C18H18N8O2/c1-3-20-19(27)25-18-23-14-9-13(12-5-6-16(28-2)21-11-12)10-15(17(14)24-18)26-8-4-7-22-26;1-2-21-18(27)25-17-23-13-9-12(11-5-3-6-20-10-11)14(19)16(15(13)24-17)26-8-4-7-22-26;1-3-19-17(27)25-16-23-13-7-11(12-9-20-18(28-2)21-10-12)8-14(15(13)24-16)26-6-4-5-22-26/h4-11H,3H2,1-2H3,(H3,20,23,24,25,27);3-10H,2H2,1H3,(H3,21,23,24,25,27);4-10H,3H2,1-2H3,(H3,19,23,24,25,27). The Morgan fingerprint density at radius 3 is 1.46 bits per heavy atom. The summed E-state index contributed by atoms with van der Waals surface area (Å²) >= 11 is 0. The highest BCUT2D eigenvalue weighted by molar-refractivity contribution is 5.97. The van der Waals surface area contributed by atoms with Crippen molar-refractivity contribution in [2.75, 3.05) is 49.8 Å². The summed E-state index contributed by atoms with van der Waals surface area (Å²) in [6.07, 6.45) is 18.6. The summed E-state index contributed by atoms with van der Waals surface area (Å²) in [4.78, 5) is 74.8. The van der Waals surface area contributed by atoms with Gasteiger partial charge in [0.2, 0.25) is 23.7 Å². The number of anilines is 3. The number of methoxy groups -OCH3 is 2. The molecule has 12 rings (SSSR count). The van der Waals surface area contributed by atoms with Gasteiger partial charge in [-0.05, 0) is 92.6 Å². The van der Waals surface area contributed by atoms with Crippen LogP contribution in [0.3, 0.4) is 0 Å². The zero-order chi connectivity index (χ0) is 57.8. The van der Waals surface area contributed by atoms with Gasteiger partial charge in [-0.2, -0.15) is 15.3 Å². The van der Waals surface area contributed by atoms with E-state index < -0.39 is 11.8 Å². The second-order valence-corrected chi connectivity index (χ2v) is 17.6. The fourth-order valence-corrected chi connectivity index (χ4v) is 8.51. The molecule has 6 amide bonds. The van der Waals surface area contributed by atoms with E-state index in [0.29, 0.717) is 76.6 Å². The van der Waals surface area contributed by atoms with Crippen LogP contribution >= 0.6 is 0 Å². The van der Waals surface area contributed by atoms with Crippen molar-refractivity contribution in [3.63, 3.8) is 0 Å². The molecule has 0 atom stereocenters. The molecule has 28 heteroatoms. The molecule has 0 bridgehead atoms. The highest BCUT2D eigenvalue weighted by atomic mass is 19.1. The van der Waals surface area contributed by atoms with E-state index in [1.807, 2.05) is 81.7 Å².